The second-order valence-electron chi connectivity index (χ2n) is 5.24. The summed E-state index contributed by atoms with van der Waals surface area (Å²) >= 11 is 0. The maximum absolute atomic E-state index is 5.22. The Morgan fingerprint density at radius 2 is 1.14 bits per heavy atom. The van der Waals surface area contributed by atoms with Crippen molar-refractivity contribution in [3.05, 3.63) is 0 Å². The van der Waals surface area contributed by atoms with Gasteiger partial charge in [-0.25, -0.2) is 0 Å². The third-order valence-corrected chi connectivity index (χ3v) is 3.14. The monoisotopic (exact) mass is 295 g/mol. The third-order valence-electron chi connectivity index (χ3n) is 3.14. The highest BCUT2D eigenvalue weighted by Gasteiger charge is 1.98. The lowest BCUT2D eigenvalue weighted by atomic mass is 10.2. The number of unbranched alkanes of at least 4 members (excludes halogenated alkanes) is 6. The molecule has 118 valence electrons. The van der Waals surface area contributed by atoms with Gasteiger partial charge in [-0.05, 0) is 38.6 Å². The second-order valence-corrected chi connectivity index (χ2v) is 5.24. The van der Waals surface area contributed by atoms with Gasteiger partial charge < -0.3 is 0 Å². The van der Waals surface area contributed by atoms with Gasteiger partial charge in [0.1, 0.15) is 0 Å². The van der Waals surface area contributed by atoms with Crippen LogP contribution in [0.2, 0.25) is 0 Å². The second kappa shape index (κ2) is 17.3. The molecule has 0 saturated carbocycles. The van der Waals surface area contributed by atoms with E-state index in [1.807, 2.05) is 0 Å². The Morgan fingerprint density at radius 1 is 0.682 bits per heavy atom. The largest absolute Gasteiger partial charge is 0.281 e. The average Bonchev–Trinajstić information content (AvgIpc) is 2.53. The molecular formula is C21H29N. The molecule has 0 aromatic carbocycles. The van der Waals surface area contributed by atoms with Crippen molar-refractivity contribution in [2.45, 2.75) is 64.7 Å². The Morgan fingerprint density at radius 3 is 1.55 bits per heavy atom. The van der Waals surface area contributed by atoms with Crippen molar-refractivity contribution < 1.29 is 0 Å². The van der Waals surface area contributed by atoms with Gasteiger partial charge in [-0.3, -0.25) is 4.90 Å². The summed E-state index contributed by atoms with van der Waals surface area (Å²) in [4.78, 5) is 2.31. The molecule has 0 unspecified atom stereocenters. The average molecular weight is 295 g/mol. The molecule has 0 aliphatic carbocycles. The van der Waals surface area contributed by atoms with Crippen molar-refractivity contribution in [1.82, 2.24) is 4.90 Å². The Balaban J connectivity index is 3.86. The van der Waals surface area contributed by atoms with Gasteiger partial charge in [0.25, 0.3) is 0 Å². The van der Waals surface area contributed by atoms with E-state index < -0.39 is 0 Å². The quantitative estimate of drug-likeness (QED) is 0.433. The topological polar surface area (TPSA) is 3.24 Å². The van der Waals surface area contributed by atoms with Crippen molar-refractivity contribution >= 4 is 0 Å². The van der Waals surface area contributed by atoms with E-state index in [1.54, 1.807) is 0 Å². The van der Waals surface area contributed by atoms with Crippen molar-refractivity contribution in [3.63, 3.8) is 0 Å². The number of hydrogen-bond donors (Lipinski definition) is 0. The third kappa shape index (κ3) is 14.6. The molecule has 0 N–H and O–H groups in total. The van der Waals surface area contributed by atoms with Crippen LogP contribution in [0.25, 0.3) is 0 Å². The first-order valence-corrected chi connectivity index (χ1v) is 8.35. The summed E-state index contributed by atoms with van der Waals surface area (Å²) in [7, 11) is 0. The van der Waals surface area contributed by atoms with Crippen LogP contribution in [0.5, 0.6) is 0 Å². The highest BCUT2D eigenvalue weighted by Crippen LogP contribution is 1.98. The molecule has 0 aliphatic heterocycles. The van der Waals surface area contributed by atoms with Gasteiger partial charge in [0.15, 0.2) is 0 Å². The molecule has 1 nitrogen and oxygen atoms in total. The van der Waals surface area contributed by atoms with E-state index in [2.05, 4.69) is 47.3 Å². The Labute approximate surface area is 138 Å². The standard InChI is InChI=1S/C21H29N/c1-4-7-9-11-13-15-17-20-22(19-6-3)21-18-16-14-12-10-8-5-2/h1-2H,6-14,19-21H2,3H3. The lowest BCUT2D eigenvalue weighted by Crippen LogP contribution is -2.25. The SMILES string of the molecule is C#CCCCCC#CCN(CC#CCCCCC#C)CCC. The Bertz CT molecular complexity index is 411. The van der Waals surface area contributed by atoms with E-state index in [-0.39, 0.29) is 0 Å². The van der Waals surface area contributed by atoms with Crippen molar-refractivity contribution in [2.75, 3.05) is 19.6 Å². The summed E-state index contributed by atoms with van der Waals surface area (Å²) in [5.74, 6) is 18.3. The minimum atomic E-state index is 0.814. The van der Waals surface area contributed by atoms with Crippen LogP contribution < -0.4 is 0 Å². The molecule has 0 aliphatic rings. The minimum absolute atomic E-state index is 0.814. The van der Waals surface area contributed by atoms with Crippen molar-refractivity contribution in [1.29, 1.82) is 0 Å². The van der Waals surface area contributed by atoms with Crippen LogP contribution in [-0.2, 0) is 0 Å². The maximum Gasteiger partial charge on any atom is 0.0609 e. The molecule has 0 amide bonds. The van der Waals surface area contributed by atoms with E-state index in [9.17, 15) is 0 Å². The number of nitrogens with zero attached hydrogens (tertiary/aromatic N) is 1. The lowest BCUT2D eigenvalue weighted by Gasteiger charge is -2.14. The molecule has 0 saturated heterocycles. The van der Waals surface area contributed by atoms with Crippen LogP contribution in [0.3, 0.4) is 0 Å². The molecule has 0 radical (unpaired) electrons. The summed E-state index contributed by atoms with van der Waals surface area (Å²) in [6.45, 7) is 4.87. The highest BCUT2D eigenvalue weighted by molar-refractivity contribution is 5.05. The predicted octanol–water partition coefficient (Wildman–Crippen LogP) is 4.09. The molecule has 22 heavy (non-hydrogen) atoms. The zero-order chi connectivity index (χ0) is 16.3. The Hall–Kier alpha value is -1.80. The molecule has 0 spiro atoms. The van der Waals surface area contributed by atoms with Crippen LogP contribution in [-0.4, -0.2) is 24.5 Å². The lowest BCUT2D eigenvalue weighted by molar-refractivity contribution is 0.345. The molecule has 0 heterocycles. The number of hydrogen-bond acceptors (Lipinski definition) is 1. The van der Waals surface area contributed by atoms with Gasteiger partial charge in [-0.15, -0.1) is 36.5 Å². The molecule has 0 aromatic heterocycles. The first-order chi connectivity index (χ1) is 10.8. The van der Waals surface area contributed by atoms with Crippen LogP contribution in [0.15, 0.2) is 0 Å². The first-order valence-electron chi connectivity index (χ1n) is 8.35. The van der Waals surface area contributed by atoms with E-state index >= 15 is 0 Å². The van der Waals surface area contributed by atoms with Crippen LogP contribution in [0.1, 0.15) is 64.7 Å². The summed E-state index contributed by atoms with van der Waals surface area (Å²) in [5.41, 5.74) is 0. The molecule has 0 fully saturated rings. The molecule has 0 bridgehead atoms. The fraction of sp³-hybridized carbons (Fsp3) is 0.619. The van der Waals surface area contributed by atoms with E-state index in [0.717, 1.165) is 77.4 Å². The van der Waals surface area contributed by atoms with Gasteiger partial charge in [0.2, 0.25) is 0 Å². The fourth-order valence-electron chi connectivity index (χ4n) is 1.92. The number of terminal acetylenes is 2. The summed E-state index contributed by atoms with van der Waals surface area (Å²) in [5, 5.41) is 0. The van der Waals surface area contributed by atoms with E-state index in [4.69, 9.17) is 12.8 Å². The van der Waals surface area contributed by atoms with Gasteiger partial charge in [-0.1, -0.05) is 18.8 Å². The Kier molecular flexibility index (Phi) is 15.8. The molecule has 0 atom stereocenters. The van der Waals surface area contributed by atoms with Gasteiger partial charge in [-0.2, -0.15) is 0 Å². The van der Waals surface area contributed by atoms with Gasteiger partial charge in [0.05, 0.1) is 13.1 Å². The first kappa shape index (κ1) is 20.2. The normalized spacial score (nSPS) is 9.09. The summed E-state index contributed by atoms with van der Waals surface area (Å²) in [6, 6.07) is 0. The van der Waals surface area contributed by atoms with Crippen LogP contribution >= 0.6 is 0 Å². The maximum atomic E-state index is 5.22. The molecule has 0 aromatic rings. The van der Waals surface area contributed by atoms with Crippen molar-refractivity contribution in [2.24, 2.45) is 0 Å². The molecule has 0 rings (SSSR count). The zero-order valence-corrected chi connectivity index (χ0v) is 14.1. The smallest absolute Gasteiger partial charge is 0.0609 e. The zero-order valence-electron chi connectivity index (χ0n) is 14.1. The van der Waals surface area contributed by atoms with Crippen LogP contribution in [0.4, 0.5) is 0 Å². The van der Waals surface area contributed by atoms with E-state index in [0.29, 0.717) is 0 Å². The summed E-state index contributed by atoms with van der Waals surface area (Å²) in [6.07, 6.45) is 19.5. The predicted molar refractivity (Wildman–Crippen MR) is 96.9 cm³/mol. The van der Waals surface area contributed by atoms with Crippen LogP contribution in [0, 0.1) is 48.4 Å². The van der Waals surface area contributed by atoms with Gasteiger partial charge >= 0.3 is 0 Å². The van der Waals surface area contributed by atoms with Gasteiger partial charge in [0, 0.05) is 25.7 Å². The molecule has 1 heteroatoms. The highest BCUT2D eigenvalue weighted by atomic mass is 15.1. The minimum Gasteiger partial charge on any atom is -0.281 e. The van der Waals surface area contributed by atoms with Crippen molar-refractivity contribution in [3.8, 4) is 48.4 Å². The molecular weight excluding hydrogens is 266 g/mol. The van der Waals surface area contributed by atoms with E-state index in [1.165, 1.54) is 0 Å². The summed E-state index contributed by atoms with van der Waals surface area (Å²) < 4.78 is 0. The number of rotatable bonds is 10. The fourth-order valence-corrected chi connectivity index (χ4v) is 1.92.